The molecule has 0 saturated carbocycles. The number of carbonyl (C=O) groups excluding carboxylic acids is 1. The van der Waals surface area contributed by atoms with Gasteiger partial charge in [0.1, 0.15) is 0 Å². The average Bonchev–Trinajstić information content (AvgIpc) is 2.68. The molecule has 5 heteroatoms. The maximum Gasteiger partial charge on any atom is 0.224 e. The first kappa shape index (κ1) is 20.0. The van der Waals surface area contributed by atoms with E-state index in [0.29, 0.717) is 19.5 Å². The van der Waals surface area contributed by atoms with Crippen molar-refractivity contribution in [2.24, 2.45) is 4.99 Å². The molecule has 2 N–H and O–H groups in total. The molecule has 1 aliphatic rings. The fourth-order valence-corrected chi connectivity index (χ4v) is 3.12. The van der Waals surface area contributed by atoms with E-state index in [1.54, 1.807) is 17.5 Å². The summed E-state index contributed by atoms with van der Waals surface area (Å²) in [6.07, 6.45) is 9.00. The Balaban J connectivity index is 1.63. The van der Waals surface area contributed by atoms with Gasteiger partial charge in [0.15, 0.2) is 5.96 Å². The predicted octanol–water partition coefficient (Wildman–Crippen LogP) is 3.09. The second-order valence-corrected chi connectivity index (χ2v) is 6.77. The van der Waals surface area contributed by atoms with Crippen LogP contribution in [0.4, 0.5) is 0 Å². The number of nitrogens with zero attached hydrogens (tertiary/aromatic N) is 2. The number of amides is 1. The molecule has 0 atom stereocenters. The van der Waals surface area contributed by atoms with Crippen molar-refractivity contribution in [1.82, 2.24) is 15.5 Å². The molecule has 0 aliphatic heterocycles. The predicted molar refractivity (Wildman–Crippen MR) is 108 cm³/mol. The van der Waals surface area contributed by atoms with Crippen LogP contribution in [-0.4, -0.2) is 44.0 Å². The van der Waals surface area contributed by atoms with Gasteiger partial charge in [-0.1, -0.05) is 42.0 Å². The third kappa shape index (κ3) is 7.30. The number of aliphatic imine (C=N–C) groups is 1. The lowest BCUT2D eigenvalue weighted by atomic mass is 9.97. The van der Waals surface area contributed by atoms with Crippen LogP contribution in [0.15, 0.2) is 47.0 Å². The zero-order valence-corrected chi connectivity index (χ0v) is 16.1. The van der Waals surface area contributed by atoms with Gasteiger partial charge in [0.05, 0.1) is 0 Å². The monoisotopic (exact) mass is 356 g/mol. The maximum absolute atomic E-state index is 12.3. The number of nitrogens with one attached hydrogen (secondary N) is 2. The SMILES string of the molecule is CN=C(NCCC(=O)N(C)Cc1ccccc1)NCCC1=CCCCC1. The summed E-state index contributed by atoms with van der Waals surface area (Å²) < 4.78 is 0. The minimum Gasteiger partial charge on any atom is -0.356 e. The molecule has 1 aromatic carbocycles. The van der Waals surface area contributed by atoms with E-state index in [2.05, 4.69) is 21.7 Å². The number of benzene rings is 1. The van der Waals surface area contributed by atoms with E-state index in [9.17, 15) is 4.79 Å². The first-order chi connectivity index (χ1) is 12.7. The number of rotatable bonds is 8. The molecule has 0 bridgehead atoms. The van der Waals surface area contributed by atoms with Gasteiger partial charge in [-0.25, -0.2) is 0 Å². The second-order valence-electron chi connectivity index (χ2n) is 6.77. The van der Waals surface area contributed by atoms with Crippen LogP contribution in [0.2, 0.25) is 0 Å². The first-order valence-corrected chi connectivity index (χ1v) is 9.59. The van der Waals surface area contributed by atoms with Gasteiger partial charge in [0.25, 0.3) is 0 Å². The van der Waals surface area contributed by atoms with Gasteiger partial charge in [-0.05, 0) is 37.7 Å². The summed E-state index contributed by atoms with van der Waals surface area (Å²) in [5.74, 6) is 0.893. The lowest BCUT2D eigenvalue weighted by molar-refractivity contribution is -0.130. The van der Waals surface area contributed by atoms with Crippen LogP contribution < -0.4 is 10.6 Å². The van der Waals surface area contributed by atoms with Gasteiger partial charge in [0, 0.05) is 40.2 Å². The molecule has 0 radical (unpaired) electrons. The van der Waals surface area contributed by atoms with Crippen molar-refractivity contribution in [2.75, 3.05) is 27.2 Å². The van der Waals surface area contributed by atoms with E-state index in [-0.39, 0.29) is 5.91 Å². The maximum atomic E-state index is 12.3. The molecule has 0 heterocycles. The number of hydrogen-bond donors (Lipinski definition) is 2. The Bertz CT molecular complexity index is 610. The van der Waals surface area contributed by atoms with Gasteiger partial charge in [-0.15, -0.1) is 0 Å². The van der Waals surface area contributed by atoms with Gasteiger partial charge in [0.2, 0.25) is 5.91 Å². The smallest absolute Gasteiger partial charge is 0.224 e. The summed E-state index contributed by atoms with van der Waals surface area (Å²) in [5, 5.41) is 6.56. The van der Waals surface area contributed by atoms with Crippen LogP contribution in [0.3, 0.4) is 0 Å². The largest absolute Gasteiger partial charge is 0.356 e. The Kier molecular flexibility index (Phi) is 8.73. The first-order valence-electron chi connectivity index (χ1n) is 9.59. The summed E-state index contributed by atoms with van der Waals surface area (Å²) >= 11 is 0. The van der Waals surface area contributed by atoms with Crippen molar-refractivity contribution in [1.29, 1.82) is 0 Å². The van der Waals surface area contributed by atoms with Crippen molar-refractivity contribution in [3.8, 4) is 0 Å². The van der Waals surface area contributed by atoms with E-state index < -0.39 is 0 Å². The fourth-order valence-electron chi connectivity index (χ4n) is 3.12. The highest BCUT2D eigenvalue weighted by molar-refractivity contribution is 5.81. The van der Waals surface area contributed by atoms with Crippen molar-refractivity contribution >= 4 is 11.9 Å². The minimum absolute atomic E-state index is 0.129. The van der Waals surface area contributed by atoms with E-state index in [1.165, 1.54) is 25.7 Å². The number of hydrogen-bond acceptors (Lipinski definition) is 2. The molecule has 1 aromatic rings. The Morgan fingerprint density at radius 1 is 1.15 bits per heavy atom. The molecule has 142 valence electrons. The number of carbonyl (C=O) groups is 1. The summed E-state index contributed by atoms with van der Waals surface area (Å²) in [6, 6.07) is 10.0. The molecular weight excluding hydrogens is 324 g/mol. The van der Waals surface area contributed by atoms with Crippen molar-refractivity contribution in [3.63, 3.8) is 0 Å². The average molecular weight is 357 g/mol. The molecule has 0 fully saturated rings. The zero-order valence-electron chi connectivity index (χ0n) is 16.1. The normalized spacial score (nSPS) is 14.5. The highest BCUT2D eigenvalue weighted by atomic mass is 16.2. The topological polar surface area (TPSA) is 56.7 Å². The molecule has 0 unspecified atom stereocenters. The summed E-state index contributed by atoms with van der Waals surface area (Å²) in [5.41, 5.74) is 2.70. The number of guanidine groups is 1. The van der Waals surface area contributed by atoms with Crippen LogP contribution in [0, 0.1) is 0 Å². The Hall–Kier alpha value is -2.30. The van der Waals surface area contributed by atoms with Gasteiger partial charge < -0.3 is 15.5 Å². The van der Waals surface area contributed by atoms with E-state index in [0.717, 1.165) is 24.5 Å². The van der Waals surface area contributed by atoms with Crippen LogP contribution in [0.25, 0.3) is 0 Å². The molecule has 5 nitrogen and oxygen atoms in total. The lowest BCUT2D eigenvalue weighted by Gasteiger charge is -2.18. The highest BCUT2D eigenvalue weighted by Gasteiger charge is 2.09. The van der Waals surface area contributed by atoms with E-state index in [4.69, 9.17) is 0 Å². The highest BCUT2D eigenvalue weighted by Crippen LogP contribution is 2.19. The molecule has 0 spiro atoms. The third-order valence-electron chi connectivity index (χ3n) is 4.67. The lowest BCUT2D eigenvalue weighted by Crippen LogP contribution is -2.40. The van der Waals surface area contributed by atoms with Crippen LogP contribution in [-0.2, 0) is 11.3 Å². The second kappa shape index (κ2) is 11.3. The molecule has 1 amide bonds. The van der Waals surface area contributed by atoms with E-state index in [1.807, 2.05) is 37.4 Å². The van der Waals surface area contributed by atoms with Gasteiger partial charge in [-0.3, -0.25) is 9.79 Å². The quantitative estimate of drug-likeness (QED) is 0.427. The van der Waals surface area contributed by atoms with Gasteiger partial charge in [-0.2, -0.15) is 0 Å². The Morgan fingerprint density at radius 3 is 2.62 bits per heavy atom. The summed E-state index contributed by atoms with van der Waals surface area (Å²) in [4.78, 5) is 18.3. The van der Waals surface area contributed by atoms with Crippen LogP contribution >= 0.6 is 0 Å². The summed E-state index contributed by atoms with van der Waals surface area (Å²) in [6.45, 7) is 2.11. The molecule has 0 aromatic heterocycles. The zero-order chi connectivity index (χ0) is 18.6. The Morgan fingerprint density at radius 2 is 1.92 bits per heavy atom. The van der Waals surface area contributed by atoms with E-state index >= 15 is 0 Å². The van der Waals surface area contributed by atoms with Crippen LogP contribution in [0.1, 0.15) is 44.1 Å². The molecule has 1 aliphatic carbocycles. The van der Waals surface area contributed by atoms with Crippen LogP contribution in [0.5, 0.6) is 0 Å². The fraction of sp³-hybridized carbons (Fsp3) is 0.524. The van der Waals surface area contributed by atoms with Crippen molar-refractivity contribution in [3.05, 3.63) is 47.5 Å². The molecule has 2 rings (SSSR count). The van der Waals surface area contributed by atoms with Crippen molar-refractivity contribution < 1.29 is 4.79 Å². The molecular formula is C21H32N4O. The number of allylic oxidation sites excluding steroid dienone is 1. The molecule has 0 saturated heterocycles. The summed E-state index contributed by atoms with van der Waals surface area (Å²) in [7, 11) is 3.61. The minimum atomic E-state index is 0.129. The van der Waals surface area contributed by atoms with Crippen molar-refractivity contribution in [2.45, 2.75) is 45.1 Å². The third-order valence-corrected chi connectivity index (χ3v) is 4.67. The standard InChI is InChI=1S/C21H32N4O/c1-22-21(23-15-13-18-9-5-3-6-10-18)24-16-14-20(26)25(2)17-19-11-7-4-8-12-19/h4,7-9,11-12H,3,5-6,10,13-17H2,1-2H3,(H2,22,23,24). The molecule has 26 heavy (non-hydrogen) atoms. The van der Waals surface area contributed by atoms with Gasteiger partial charge >= 0.3 is 0 Å². The Labute approximate surface area is 157 Å².